The third-order valence-electron chi connectivity index (χ3n) is 3.28. The number of hydrogen-bond acceptors (Lipinski definition) is 4. The third-order valence-corrected chi connectivity index (χ3v) is 4.51. The standard InChI is InChI=1S/C17H19NO4S/c1-3-22-17(19)14-8-10-16(11-9-14)18-23(20,21)12-15-7-5-4-6-13(15)2/h4-11,18H,3,12H2,1-2H3. The molecule has 0 fully saturated rings. The average molecular weight is 333 g/mol. The Morgan fingerprint density at radius 2 is 1.74 bits per heavy atom. The number of esters is 1. The van der Waals surface area contributed by atoms with Gasteiger partial charge in [0.1, 0.15) is 0 Å². The van der Waals surface area contributed by atoms with Gasteiger partial charge < -0.3 is 4.74 Å². The van der Waals surface area contributed by atoms with E-state index in [2.05, 4.69) is 4.72 Å². The molecule has 23 heavy (non-hydrogen) atoms. The summed E-state index contributed by atoms with van der Waals surface area (Å²) in [5.41, 5.74) is 2.47. The van der Waals surface area contributed by atoms with Gasteiger partial charge in [0, 0.05) is 5.69 Å². The van der Waals surface area contributed by atoms with E-state index in [1.807, 2.05) is 25.1 Å². The van der Waals surface area contributed by atoms with E-state index < -0.39 is 16.0 Å². The van der Waals surface area contributed by atoms with Crippen LogP contribution in [-0.4, -0.2) is 21.0 Å². The number of sulfonamides is 1. The minimum Gasteiger partial charge on any atom is -0.462 e. The highest BCUT2D eigenvalue weighted by Crippen LogP contribution is 2.16. The number of nitrogens with one attached hydrogen (secondary N) is 1. The summed E-state index contributed by atoms with van der Waals surface area (Å²) in [6, 6.07) is 13.5. The molecule has 0 bridgehead atoms. The zero-order chi connectivity index (χ0) is 16.9. The summed E-state index contributed by atoms with van der Waals surface area (Å²) < 4.78 is 31.9. The molecule has 0 amide bonds. The number of hydrogen-bond donors (Lipinski definition) is 1. The van der Waals surface area contributed by atoms with E-state index >= 15 is 0 Å². The summed E-state index contributed by atoms with van der Waals surface area (Å²) in [5.74, 6) is -0.527. The summed E-state index contributed by atoms with van der Waals surface area (Å²) in [6.45, 7) is 3.90. The zero-order valence-electron chi connectivity index (χ0n) is 13.1. The van der Waals surface area contributed by atoms with Gasteiger partial charge in [0.15, 0.2) is 0 Å². The monoisotopic (exact) mass is 333 g/mol. The van der Waals surface area contributed by atoms with Gasteiger partial charge in [-0.15, -0.1) is 0 Å². The molecule has 0 saturated carbocycles. The van der Waals surface area contributed by atoms with Crippen molar-refractivity contribution in [3.05, 3.63) is 65.2 Å². The smallest absolute Gasteiger partial charge is 0.338 e. The molecule has 2 aromatic carbocycles. The Bertz CT molecular complexity index is 782. The molecular weight excluding hydrogens is 314 g/mol. The normalized spacial score (nSPS) is 11.0. The second-order valence-electron chi connectivity index (χ2n) is 5.09. The Balaban J connectivity index is 2.09. The highest BCUT2D eigenvalue weighted by atomic mass is 32.2. The highest BCUT2D eigenvalue weighted by Gasteiger charge is 2.14. The van der Waals surface area contributed by atoms with Gasteiger partial charge >= 0.3 is 5.97 Å². The predicted molar refractivity (Wildman–Crippen MR) is 89.8 cm³/mol. The number of benzene rings is 2. The van der Waals surface area contributed by atoms with Crippen LogP contribution in [-0.2, 0) is 20.5 Å². The molecule has 0 atom stereocenters. The van der Waals surface area contributed by atoms with Gasteiger partial charge in [-0.05, 0) is 49.2 Å². The van der Waals surface area contributed by atoms with Gasteiger partial charge in [0.05, 0.1) is 17.9 Å². The molecule has 0 aliphatic carbocycles. The van der Waals surface area contributed by atoms with E-state index in [1.54, 1.807) is 25.1 Å². The Morgan fingerprint density at radius 1 is 1.09 bits per heavy atom. The lowest BCUT2D eigenvalue weighted by Gasteiger charge is -2.10. The maximum absolute atomic E-state index is 12.2. The van der Waals surface area contributed by atoms with E-state index in [4.69, 9.17) is 4.74 Å². The number of ether oxygens (including phenoxy) is 1. The Morgan fingerprint density at radius 3 is 2.35 bits per heavy atom. The summed E-state index contributed by atoms with van der Waals surface area (Å²) in [4.78, 5) is 11.6. The minimum atomic E-state index is -3.52. The molecule has 0 aliphatic heterocycles. The van der Waals surface area contributed by atoms with Crippen LogP contribution in [0.3, 0.4) is 0 Å². The molecule has 0 spiro atoms. The minimum absolute atomic E-state index is 0.0979. The Hall–Kier alpha value is -2.34. The van der Waals surface area contributed by atoms with Gasteiger partial charge in [0.2, 0.25) is 10.0 Å². The van der Waals surface area contributed by atoms with Gasteiger partial charge in [-0.2, -0.15) is 0 Å². The quantitative estimate of drug-likeness (QED) is 0.825. The largest absolute Gasteiger partial charge is 0.462 e. The van der Waals surface area contributed by atoms with Crippen molar-refractivity contribution in [3.8, 4) is 0 Å². The van der Waals surface area contributed by atoms with Crippen molar-refractivity contribution < 1.29 is 17.9 Å². The summed E-state index contributed by atoms with van der Waals surface area (Å²) in [7, 11) is -3.52. The first-order valence-electron chi connectivity index (χ1n) is 7.23. The van der Waals surface area contributed by atoms with Crippen molar-refractivity contribution in [2.75, 3.05) is 11.3 Å². The van der Waals surface area contributed by atoms with E-state index in [0.29, 0.717) is 17.9 Å². The van der Waals surface area contributed by atoms with Crippen LogP contribution in [0, 0.1) is 6.92 Å². The summed E-state index contributed by atoms with van der Waals surface area (Å²) in [5, 5.41) is 0. The number of rotatable bonds is 6. The second kappa shape index (κ2) is 7.28. The van der Waals surface area contributed by atoms with Crippen LogP contribution in [0.15, 0.2) is 48.5 Å². The van der Waals surface area contributed by atoms with Crippen molar-refractivity contribution in [1.29, 1.82) is 0 Å². The molecule has 0 heterocycles. The van der Waals surface area contributed by atoms with Crippen LogP contribution in [0.4, 0.5) is 5.69 Å². The van der Waals surface area contributed by atoms with Crippen LogP contribution in [0.5, 0.6) is 0 Å². The fourth-order valence-corrected chi connectivity index (χ4v) is 3.38. The number of aryl methyl sites for hydroxylation is 1. The van der Waals surface area contributed by atoms with Gasteiger partial charge in [-0.3, -0.25) is 4.72 Å². The highest BCUT2D eigenvalue weighted by molar-refractivity contribution is 7.91. The number of carbonyl (C=O) groups excluding carboxylic acids is 1. The predicted octanol–water partition coefficient (Wildman–Crippen LogP) is 3.11. The first-order valence-corrected chi connectivity index (χ1v) is 8.88. The van der Waals surface area contributed by atoms with Crippen LogP contribution in [0.1, 0.15) is 28.4 Å². The van der Waals surface area contributed by atoms with Crippen molar-refractivity contribution >= 4 is 21.7 Å². The lowest BCUT2D eigenvalue weighted by molar-refractivity contribution is 0.0526. The molecule has 0 radical (unpaired) electrons. The second-order valence-corrected chi connectivity index (χ2v) is 6.81. The summed E-state index contributed by atoms with van der Waals surface area (Å²) >= 11 is 0. The van der Waals surface area contributed by atoms with Crippen LogP contribution < -0.4 is 4.72 Å². The molecule has 0 aliphatic rings. The van der Waals surface area contributed by atoms with E-state index in [0.717, 1.165) is 11.1 Å². The first-order chi connectivity index (χ1) is 10.9. The van der Waals surface area contributed by atoms with E-state index in [9.17, 15) is 13.2 Å². The fraction of sp³-hybridized carbons (Fsp3) is 0.235. The molecule has 2 rings (SSSR count). The Kier molecular flexibility index (Phi) is 5.39. The van der Waals surface area contributed by atoms with Crippen LogP contribution in [0.2, 0.25) is 0 Å². The van der Waals surface area contributed by atoms with E-state index in [-0.39, 0.29) is 5.75 Å². The van der Waals surface area contributed by atoms with Gasteiger partial charge in [-0.1, -0.05) is 24.3 Å². The lowest BCUT2D eigenvalue weighted by Crippen LogP contribution is -2.15. The number of anilines is 1. The molecule has 122 valence electrons. The molecule has 0 saturated heterocycles. The molecule has 1 N–H and O–H groups in total. The third kappa shape index (κ3) is 4.82. The van der Waals surface area contributed by atoms with Crippen molar-refractivity contribution in [2.45, 2.75) is 19.6 Å². The fourth-order valence-electron chi connectivity index (χ4n) is 2.08. The van der Waals surface area contributed by atoms with Gasteiger partial charge in [-0.25, -0.2) is 13.2 Å². The SMILES string of the molecule is CCOC(=O)c1ccc(NS(=O)(=O)Cc2ccccc2C)cc1. The Labute approximate surface area is 136 Å². The number of carbonyl (C=O) groups is 1. The summed E-state index contributed by atoms with van der Waals surface area (Å²) in [6.07, 6.45) is 0. The van der Waals surface area contributed by atoms with Crippen LogP contribution >= 0.6 is 0 Å². The molecule has 0 unspecified atom stereocenters. The van der Waals surface area contributed by atoms with Gasteiger partial charge in [0.25, 0.3) is 0 Å². The van der Waals surface area contributed by atoms with E-state index in [1.165, 1.54) is 12.1 Å². The maximum atomic E-state index is 12.2. The molecule has 2 aromatic rings. The first kappa shape index (κ1) is 17.0. The molecular formula is C17H19NO4S. The van der Waals surface area contributed by atoms with Crippen molar-refractivity contribution in [3.63, 3.8) is 0 Å². The average Bonchev–Trinajstić information content (AvgIpc) is 2.50. The lowest BCUT2D eigenvalue weighted by atomic mass is 10.1. The molecule has 6 heteroatoms. The zero-order valence-corrected chi connectivity index (χ0v) is 13.9. The van der Waals surface area contributed by atoms with Crippen molar-refractivity contribution in [1.82, 2.24) is 0 Å². The van der Waals surface area contributed by atoms with Crippen LogP contribution in [0.25, 0.3) is 0 Å². The molecule has 0 aromatic heterocycles. The molecule has 5 nitrogen and oxygen atoms in total. The van der Waals surface area contributed by atoms with Crippen molar-refractivity contribution in [2.24, 2.45) is 0 Å². The topological polar surface area (TPSA) is 72.5 Å². The maximum Gasteiger partial charge on any atom is 0.338 e.